The average molecular weight is 564 g/mol. The number of anilines is 1. The maximum atomic E-state index is 14.1. The zero-order valence-corrected chi connectivity index (χ0v) is 23.3. The fraction of sp³-hybridized carbons (Fsp3) is 0.241. The monoisotopic (exact) mass is 563 g/mol. The van der Waals surface area contributed by atoms with Crippen LogP contribution in [-0.2, 0) is 13.6 Å². The second-order valence-electron chi connectivity index (χ2n) is 9.96. The minimum Gasteiger partial charge on any atom is -0.381 e. The molecule has 1 atom stereocenters. The van der Waals surface area contributed by atoms with E-state index in [0.29, 0.717) is 47.6 Å². The Morgan fingerprint density at radius 1 is 1.24 bits per heavy atom. The van der Waals surface area contributed by atoms with Crippen LogP contribution in [0.2, 0.25) is 0 Å². The van der Waals surface area contributed by atoms with Gasteiger partial charge < -0.3 is 21.7 Å². The molecule has 1 aliphatic rings. The summed E-state index contributed by atoms with van der Waals surface area (Å²) in [5, 5.41) is 18.2. The summed E-state index contributed by atoms with van der Waals surface area (Å²) in [4.78, 5) is 36.7. The molecule has 1 unspecified atom stereocenters. The Morgan fingerprint density at radius 3 is 2.83 bits per heavy atom. The highest BCUT2D eigenvalue weighted by Gasteiger charge is 2.24. The molecule has 0 saturated heterocycles. The summed E-state index contributed by atoms with van der Waals surface area (Å²) in [5.74, 6) is 6.30. The number of carbonyl (C=O) groups is 1. The van der Waals surface area contributed by atoms with E-state index in [1.54, 1.807) is 46.9 Å². The SMILES string of the molecule is Cc1c(C#Cc2cccc3nc(C(C)NC(=O)c4c(N)nn5cccnc45)n(CCC4=CNCN4)c(=O)c23)cnn1C. The number of aryl methyl sites for hydroxylation is 1. The molecule has 212 valence electrons. The zero-order valence-electron chi connectivity index (χ0n) is 23.3. The Kier molecular flexibility index (Phi) is 6.79. The number of carbonyl (C=O) groups excluding carboxylic acids is 1. The number of benzene rings is 1. The third-order valence-corrected chi connectivity index (χ3v) is 7.26. The second kappa shape index (κ2) is 10.7. The van der Waals surface area contributed by atoms with E-state index in [1.807, 2.05) is 32.3 Å². The molecule has 1 aromatic carbocycles. The largest absolute Gasteiger partial charge is 0.381 e. The fourth-order valence-corrected chi connectivity index (χ4v) is 4.93. The fourth-order valence-electron chi connectivity index (χ4n) is 4.93. The van der Waals surface area contributed by atoms with Gasteiger partial charge in [-0.25, -0.2) is 14.5 Å². The molecule has 0 saturated carbocycles. The van der Waals surface area contributed by atoms with Crippen molar-refractivity contribution in [2.45, 2.75) is 32.9 Å². The van der Waals surface area contributed by atoms with Gasteiger partial charge in [-0.3, -0.25) is 18.8 Å². The number of hydrogen-bond donors (Lipinski definition) is 4. The van der Waals surface area contributed by atoms with Gasteiger partial charge in [-0.2, -0.15) is 5.10 Å². The van der Waals surface area contributed by atoms with Gasteiger partial charge in [0.25, 0.3) is 11.5 Å². The van der Waals surface area contributed by atoms with E-state index < -0.39 is 11.9 Å². The molecule has 42 heavy (non-hydrogen) atoms. The molecule has 5 aromatic rings. The van der Waals surface area contributed by atoms with Gasteiger partial charge in [0.05, 0.1) is 41.1 Å². The van der Waals surface area contributed by atoms with Crippen molar-refractivity contribution in [2.75, 3.05) is 12.4 Å². The molecule has 0 aliphatic carbocycles. The van der Waals surface area contributed by atoms with Gasteiger partial charge in [-0.15, -0.1) is 5.10 Å². The Balaban J connectivity index is 1.41. The highest BCUT2D eigenvalue weighted by molar-refractivity contribution is 6.04. The number of nitrogens with two attached hydrogens (primary N) is 1. The van der Waals surface area contributed by atoms with Crippen LogP contribution in [-0.4, -0.2) is 46.5 Å². The van der Waals surface area contributed by atoms with Gasteiger partial charge in [0.2, 0.25) is 0 Å². The van der Waals surface area contributed by atoms with Crippen LogP contribution in [0.1, 0.15) is 52.4 Å². The molecule has 5 N–H and O–H groups in total. The standard InChI is InChI=1S/C29H29N11O2/c1-17(35-28(41)24-25(30)37-40-12-5-11-32-27(24)40)26-36-22-7-4-6-19(8-9-20-14-34-38(3)18(20)2)23(22)29(42)39(26)13-10-21-15-31-16-33-21/h4-7,11-12,14-15,17,31,33H,10,13,16H2,1-3H3,(H2,30,37)(H,35,41). The predicted octanol–water partition coefficient (Wildman–Crippen LogP) is 1.34. The first kappa shape index (κ1) is 26.6. The maximum absolute atomic E-state index is 14.1. The van der Waals surface area contributed by atoms with Crippen molar-refractivity contribution in [3.8, 4) is 11.8 Å². The van der Waals surface area contributed by atoms with Crippen molar-refractivity contribution in [1.82, 2.24) is 49.9 Å². The van der Waals surface area contributed by atoms with E-state index in [2.05, 4.69) is 43.0 Å². The Bertz CT molecular complexity index is 2010. The number of aromatic nitrogens is 7. The summed E-state index contributed by atoms with van der Waals surface area (Å²) in [6.07, 6.45) is 7.38. The van der Waals surface area contributed by atoms with E-state index in [-0.39, 0.29) is 16.9 Å². The van der Waals surface area contributed by atoms with Gasteiger partial charge in [-0.1, -0.05) is 17.9 Å². The number of nitrogens with one attached hydrogen (secondary N) is 3. The summed E-state index contributed by atoms with van der Waals surface area (Å²) in [5.41, 5.74) is 10.1. The number of fused-ring (bicyclic) bond motifs is 2. The first-order valence-electron chi connectivity index (χ1n) is 13.4. The third kappa shape index (κ3) is 4.79. The van der Waals surface area contributed by atoms with Crippen LogP contribution in [0.5, 0.6) is 0 Å². The highest BCUT2D eigenvalue weighted by atomic mass is 16.2. The Morgan fingerprint density at radius 2 is 2.07 bits per heavy atom. The summed E-state index contributed by atoms with van der Waals surface area (Å²) in [6, 6.07) is 6.45. The molecular weight excluding hydrogens is 534 g/mol. The van der Waals surface area contributed by atoms with Crippen LogP contribution < -0.4 is 27.2 Å². The minimum absolute atomic E-state index is 0.0566. The molecule has 4 aromatic heterocycles. The lowest BCUT2D eigenvalue weighted by molar-refractivity contribution is 0.0939. The molecule has 5 heterocycles. The summed E-state index contributed by atoms with van der Waals surface area (Å²) < 4.78 is 4.80. The van der Waals surface area contributed by atoms with Crippen LogP contribution in [0.15, 0.2) is 59.5 Å². The predicted molar refractivity (Wildman–Crippen MR) is 157 cm³/mol. The topological polar surface area (TPSA) is 162 Å². The van der Waals surface area contributed by atoms with Crippen molar-refractivity contribution in [3.63, 3.8) is 0 Å². The first-order valence-corrected chi connectivity index (χ1v) is 13.4. The van der Waals surface area contributed by atoms with E-state index in [9.17, 15) is 9.59 Å². The zero-order chi connectivity index (χ0) is 29.4. The number of amides is 1. The van der Waals surface area contributed by atoms with Crippen LogP contribution in [0.3, 0.4) is 0 Å². The quantitative estimate of drug-likeness (QED) is 0.223. The first-order chi connectivity index (χ1) is 20.3. The molecule has 0 bridgehead atoms. The normalized spacial score (nSPS) is 13.3. The second-order valence-corrected chi connectivity index (χ2v) is 9.96. The van der Waals surface area contributed by atoms with Crippen molar-refractivity contribution < 1.29 is 4.79 Å². The number of nitrogens with zero attached hydrogens (tertiary/aromatic N) is 7. The van der Waals surface area contributed by atoms with Crippen LogP contribution >= 0.6 is 0 Å². The average Bonchev–Trinajstić information content (AvgIpc) is 3.70. The molecule has 13 nitrogen and oxygen atoms in total. The van der Waals surface area contributed by atoms with Gasteiger partial charge in [0, 0.05) is 49.9 Å². The van der Waals surface area contributed by atoms with Crippen molar-refractivity contribution in [3.05, 3.63) is 93.3 Å². The summed E-state index contributed by atoms with van der Waals surface area (Å²) in [6.45, 7) is 4.68. The lowest BCUT2D eigenvalue weighted by Crippen LogP contribution is -2.34. The smallest absolute Gasteiger partial charge is 0.262 e. The van der Waals surface area contributed by atoms with Crippen LogP contribution in [0.4, 0.5) is 5.82 Å². The van der Waals surface area contributed by atoms with E-state index in [1.165, 1.54) is 4.52 Å². The van der Waals surface area contributed by atoms with Crippen LogP contribution in [0.25, 0.3) is 16.6 Å². The van der Waals surface area contributed by atoms with Gasteiger partial charge in [0.1, 0.15) is 11.4 Å². The van der Waals surface area contributed by atoms with Gasteiger partial charge in [-0.05, 0) is 32.0 Å². The maximum Gasteiger partial charge on any atom is 0.262 e. The molecule has 6 rings (SSSR count). The van der Waals surface area contributed by atoms with Gasteiger partial charge in [0.15, 0.2) is 11.5 Å². The van der Waals surface area contributed by atoms with E-state index in [0.717, 1.165) is 17.0 Å². The molecular formula is C29H29N11O2. The lowest BCUT2D eigenvalue weighted by Gasteiger charge is -2.20. The number of nitrogen functional groups attached to an aromatic ring is 1. The number of hydrogen-bond acceptors (Lipinski definition) is 9. The van der Waals surface area contributed by atoms with Crippen molar-refractivity contribution >= 4 is 28.3 Å². The van der Waals surface area contributed by atoms with E-state index >= 15 is 0 Å². The number of rotatable bonds is 6. The third-order valence-electron chi connectivity index (χ3n) is 7.26. The van der Waals surface area contributed by atoms with Gasteiger partial charge >= 0.3 is 0 Å². The molecule has 13 heteroatoms. The highest BCUT2D eigenvalue weighted by Crippen LogP contribution is 2.21. The molecule has 0 radical (unpaired) electrons. The van der Waals surface area contributed by atoms with Crippen molar-refractivity contribution in [2.24, 2.45) is 7.05 Å². The van der Waals surface area contributed by atoms with Crippen molar-refractivity contribution in [1.29, 1.82) is 0 Å². The van der Waals surface area contributed by atoms with Crippen LogP contribution in [0, 0.1) is 18.8 Å². The minimum atomic E-state index is -0.649. The summed E-state index contributed by atoms with van der Waals surface area (Å²) >= 11 is 0. The number of allylic oxidation sites excluding steroid dienone is 1. The molecule has 0 fully saturated rings. The molecule has 1 amide bonds. The summed E-state index contributed by atoms with van der Waals surface area (Å²) in [7, 11) is 1.85. The lowest BCUT2D eigenvalue weighted by atomic mass is 10.1. The molecule has 1 aliphatic heterocycles. The van der Waals surface area contributed by atoms with E-state index in [4.69, 9.17) is 10.7 Å². The Hall–Kier alpha value is -5.64. The Labute approximate surface area is 240 Å². The molecule has 0 spiro atoms.